The lowest BCUT2D eigenvalue weighted by Crippen LogP contribution is -2.00. The number of imidazole rings is 1. The number of nitrogens with one attached hydrogen (secondary N) is 1. The van der Waals surface area contributed by atoms with Crippen molar-refractivity contribution in [3.63, 3.8) is 0 Å². The maximum absolute atomic E-state index is 4.40. The highest BCUT2D eigenvalue weighted by Crippen LogP contribution is 2.20. The Kier molecular flexibility index (Phi) is 2.81. The van der Waals surface area contributed by atoms with Crippen LogP contribution in [-0.4, -0.2) is 15.0 Å². The summed E-state index contributed by atoms with van der Waals surface area (Å²) in [4.78, 5) is 11.5. The van der Waals surface area contributed by atoms with Crippen molar-refractivity contribution in [3.8, 4) is 0 Å². The number of aromatic nitrogens is 3. The van der Waals surface area contributed by atoms with E-state index < -0.39 is 0 Å². The minimum absolute atomic E-state index is 0.277. The fourth-order valence-electron chi connectivity index (χ4n) is 1.61. The lowest BCUT2D eigenvalue weighted by molar-refractivity contribution is 0.836. The molecule has 3 nitrogen and oxygen atoms in total. The Balaban J connectivity index is 2.29. The Hall–Kier alpha value is -1.64. The quantitative estimate of drug-likeness (QED) is 0.829. The van der Waals surface area contributed by atoms with E-state index in [2.05, 4.69) is 40.9 Å². The van der Waals surface area contributed by atoms with E-state index in [-0.39, 0.29) is 5.92 Å². The van der Waals surface area contributed by atoms with Crippen molar-refractivity contribution in [2.24, 2.45) is 0 Å². The Labute approximate surface area is 89.6 Å². The number of nitrogens with zero attached hydrogens (tertiary/aromatic N) is 2. The van der Waals surface area contributed by atoms with E-state index in [4.69, 9.17) is 0 Å². The van der Waals surface area contributed by atoms with Gasteiger partial charge in [0.15, 0.2) is 0 Å². The lowest BCUT2D eigenvalue weighted by atomic mass is 10.0. The van der Waals surface area contributed by atoms with Gasteiger partial charge in [-0.25, -0.2) is 4.98 Å². The molecule has 0 amide bonds. The summed E-state index contributed by atoms with van der Waals surface area (Å²) in [7, 11) is 0. The van der Waals surface area contributed by atoms with Crippen LogP contribution in [0.5, 0.6) is 0 Å². The first-order valence-corrected chi connectivity index (χ1v) is 5.24. The molecule has 2 rings (SSSR count). The predicted molar refractivity (Wildman–Crippen MR) is 59.7 cm³/mol. The molecule has 2 heterocycles. The molecule has 0 spiro atoms. The minimum Gasteiger partial charge on any atom is -0.348 e. The Morgan fingerprint density at radius 2 is 2.33 bits per heavy atom. The van der Waals surface area contributed by atoms with Gasteiger partial charge in [0.1, 0.15) is 0 Å². The number of aromatic amines is 1. The van der Waals surface area contributed by atoms with Crippen LogP contribution in [0.15, 0.2) is 30.9 Å². The van der Waals surface area contributed by atoms with Gasteiger partial charge in [-0.15, -0.1) is 0 Å². The zero-order chi connectivity index (χ0) is 10.7. The summed E-state index contributed by atoms with van der Waals surface area (Å²) < 4.78 is 0. The first-order valence-electron chi connectivity index (χ1n) is 5.24. The normalized spacial score (nSPS) is 12.7. The molecule has 0 radical (unpaired) electrons. The summed E-state index contributed by atoms with van der Waals surface area (Å²) in [5.74, 6) is 0.277. The zero-order valence-corrected chi connectivity index (χ0v) is 9.07. The Bertz CT molecular complexity index is 420. The third-order valence-corrected chi connectivity index (χ3v) is 2.68. The maximum atomic E-state index is 4.40. The molecule has 0 saturated carbocycles. The van der Waals surface area contributed by atoms with Crippen LogP contribution in [0.1, 0.15) is 36.7 Å². The van der Waals surface area contributed by atoms with Crippen molar-refractivity contribution in [1.29, 1.82) is 0 Å². The second-order valence-corrected chi connectivity index (χ2v) is 3.67. The predicted octanol–water partition coefficient (Wildman–Crippen LogP) is 2.52. The molecule has 1 atom stereocenters. The van der Waals surface area contributed by atoms with Crippen molar-refractivity contribution in [1.82, 2.24) is 15.0 Å². The smallest absolute Gasteiger partial charge is 0.0921 e. The van der Waals surface area contributed by atoms with Crippen LogP contribution in [0.3, 0.4) is 0 Å². The number of aryl methyl sites for hydroxylation is 1. The second-order valence-electron chi connectivity index (χ2n) is 3.67. The monoisotopic (exact) mass is 201 g/mol. The highest BCUT2D eigenvalue weighted by molar-refractivity contribution is 5.24. The van der Waals surface area contributed by atoms with Gasteiger partial charge in [0.05, 0.1) is 6.33 Å². The number of H-pyrrole nitrogens is 1. The van der Waals surface area contributed by atoms with Gasteiger partial charge in [-0.1, -0.05) is 13.8 Å². The van der Waals surface area contributed by atoms with Crippen LogP contribution in [-0.2, 0) is 6.42 Å². The molecule has 0 saturated heterocycles. The molecule has 3 heteroatoms. The van der Waals surface area contributed by atoms with Crippen LogP contribution in [0.4, 0.5) is 0 Å². The molecule has 0 aliphatic carbocycles. The third-order valence-electron chi connectivity index (χ3n) is 2.68. The average Bonchev–Trinajstić information content (AvgIpc) is 2.81. The van der Waals surface area contributed by atoms with Gasteiger partial charge in [0, 0.05) is 29.7 Å². The second kappa shape index (κ2) is 4.26. The topological polar surface area (TPSA) is 41.6 Å². The summed E-state index contributed by atoms with van der Waals surface area (Å²) in [5, 5.41) is 0. The largest absolute Gasteiger partial charge is 0.348 e. The summed E-state index contributed by atoms with van der Waals surface area (Å²) >= 11 is 0. The molecule has 0 bridgehead atoms. The van der Waals surface area contributed by atoms with Crippen molar-refractivity contribution in [2.75, 3.05) is 0 Å². The molecule has 0 aliphatic rings. The molecular formula is C12H15N3. The molecule has 0 fully saturated rings. The summed E-state index contributed by atoms with van der Waals surface area (Å²) in [5.41, 5.74) is 3.53. The molecular weight excluding hydrogens is 186 g/mol. The van der Waals surface area contributed by atoms with Crippen molar-refractivity contribution < 1.29 is 0 Å². The van der Waals surface area contributed by atoms with E-state index >= 15 is 0 Å². The van der Waals surface area contributed by atoms with E-state index in [1.807, 2.05) is 12.4 Å². The molecule has 2 aromatic rings. The van der Waals surface area contributed by atoms with E-state index in [0.29, 0.717) is 0 Å². The first kappa shape index (κ1) is 9.90. The van der Waals surface area contributed by atoms with Crippen molar-refractivity contribution >= 4 is 0 Å². The SMILES string of the molecule is CCc1ccnc([C@@H](C)c2cnc[nH]2)c1. The molecule has 0 aliphatic heterocycles. The summed E-state index contributed by atoms with van der Waals surface area (Å²) in [6.07, 6.45) is 6.48. The standard InChI is InChI=1S/C12H15N3/c1-3-10-4-5-14-11(6-10)9(2)12-7-13-8-15-12/h4-9H,3H2,1-2H3,(H,13,15)/t9-/m1/s1. The van der Waals surface area contributed by atoms with Gasteiger partial charge < -0.3 is 4.98 Å². The van der Waals surface area contributed by atoms with Gasteiger partial charge in [-0.05, 0) is 24.1 Å². The minimum atomic E-state index is 0.277. The van der Waals surface area contributed by atoms with Crippen LogP contribution in [0, 0.1) is 0 Å². The fraction of sp³-hybridized carbons (Fsp3) is 0.333. The van der Waals surface area contributed by atoms with E-state index in [1.165, 1.54) is 5.56 Å². The highest BCUT2D eigenvalue weighted by Gasteiger charge is 2.10. The van der Waals surface area contributed by atoms with E-state index in [1.54, 1.807) is 6.33 Å². The summed E-state index contributed by atoms with van der Waals surface area (Å²) in [6.45, 7) is 4.29. The molecule has 0 unspecified atom stereocenters. The van der Waals surface area contributed by atoms with Gasteiger partial charge in [0.25, 0.3) is 0 Å². The molecule has 15 heavy (non-hydrogen) atoms. The fourth-order valence-corrected chi connectivity index (χ4v) is 1.61. The number of hydrogen-bond donors (Lipinski definition) is 1. The van der Waals surface area contributed by atoms with Crippen molar-refractivity contribution in [2.45, 2.75) is 26.2 Å². The van der Waals surface area contributed by atoms with Crippen LogP contribution in [0.25, 0.3) is 0 Å². The molecule has 78 valence electrons. The van der Waals surface area contributed by atoms with Crippen LogP contribution < -0.4 is 0 Å². The molecule has 0 aromatic carbocycles. The number of hydrogen-bond acceptors (Lipinski definition) is 2. The summed E-state index contributed by atoms with van der Waals surface area (Å²) in [6, 6.07) is 4.22. The highest BCUT2D eigenvalue weighted by atomic mass is 14.9. The third kappa shape index (κ3) is 2.06. The van der Waals surface area contributed by atoms with Gasteiger partial charge in [-0.3, -0.25) is 4.98 Å². The lowest BCUT2D eigenvalue weighted by Gasteiger charge is -2.09. The first-order chi connectivity index (χ1) is 7.31. The zero-order valence-electron chi connectivity index (χ0n) is 9.07. The number of rotatable bonds is 3. The van der Waals surface area contributed by atoms with Crippen molar-refractivity contribution in [3.05, 3.63) is 47.8 Å². The van der Waals surface area contributed by atoms with Gasteiger partial charge in [0.2, 0.25) is 0 Å². The number of pyridine rings is 1. The maximum Gasteiger partial charge on any atom is 0.0921 e. The van der Waals surface area contributed by atoms with Crippen LogP contribution in [0.2, 0.25) is 0 Å². The molecule has 1 N–H and O–H groups in total. The van der Waals surface area contributed by atoms with Crippen LogP contribution >= 0.6 is 0 Å². The Morgan fingerprint density at radius 3 is 3.00 bits per heavy atom. The average molecular weight is 201 g/mol. The van der Waals surface area contributed by atoms with Gasteiger partial charge >= 0.3 is 0 Å². The Morgan fingerprint density at radius 1 is 1.47 bits per heavy atom. The molecule has 2 aromatic heterocycles. The van der Waals surface area contributed by atoms with E-state index in [9.17, 15) is 0 Å². The van der Waals surface area contributed by atoms with E-state index in [0.717, 1.165) is 17.8 Å². The van der Waals surface area contributed by atoms with Gasteiger partial charge in [-0.2, -0.15) is 0 Å².